The van der Waals surface area contributed by atoms with Crippen molar-refractivity contribution >= 4 is 0 Å². The SMILES string of the molecule is CCC1(C)C(O)CC1Oc1cc(C)cc(C)c1C. The van der Waals surface area contributed by atoms with Crippen molar-refractivity contribution in [2.75, 3.05) is 0 Å². The van der Waals surface area contributed by atoms with Crippen molar-refractivity contribution in [3.05, 3.63) is 28.8 Å². The minimum Gasteiger partial charge on any atom is -0.489 e. The van der Waals surface area contributed by atoms with Gasteiger partial charge in [0.05, 0.1) is 6.10 Å². The van der Waals surface area contributed by atoms with E-state index < -0.39 is 0 Å². The third-order valence-electron chi connectivity index (χ3n) is 4.73. The Morgan fingerprint density at radius 2 is 2.00 bits per heavy atom. The summed E-state index contributed by atoms with van der Waals surface area (Å²) in [5.41, 5.74) is 3.61. The van der Waals surface area contributed by atoms with Crippen LogP contribution in [-0.4, -0.2) is 17.3 Å². The smallest absolute Gasteiger partial charge is 0.123 e. The highest BCUT2D eigenvalue weighted by molar-refractivity contribution is 5.42. The lowest BCUT2D eigenvalue weighted by molar-refractivity contribution is -0.147. The number of rotatable bonds is 3. The third kappa shape index (κ3) is 2.03. The van der Waals surface area contributed by atoms with Gasteiger partial charge in [-0.05, 0) is 49.9 Å². The molecule has 0 bridgehead atoms. The molecule has 3 unspecified atom stereocenters. The van der Waals surface area contributed by atoms with Gasteiger partial charge >= 0.3 is 0 Å². The number of benzene rings is 1. The number of aryl methyl sites for hydroxylation is 2. The van der Waals surface area contributed by atoms with Crippen molar-refractivity contribution in [2.24, 2.45) is 5.41 Å². The summed E-state index contributed by atoms with van der Waals surface area (Å²) in [4.78, 5) is 0. The molecule has 0 radical (unpaired) electrons. The molecule has 1 aromatic rings. The van der Waals surface area contributed by atoms with Crippen LogP contribution in [0.3, 0.4) is 0 Å². The summed E-state index contributed by atoms with van der Waals surface area (Å²) in [7, 11) is 0. The van der Waals surface area contributed by atoms with E-state index in [1.54, 1.807) is 0 Å². The first-order valence-corrected chi connectivity index (χ1v) is 6.81. The van der Waals surface area contributed by atoms with Gasteiger partial charge in [-0.15, -0.1) is 0 Å². The molecule has 1 aromatic carbocycles. The van der Waals surface area contributed by atoms with Crippen LogP contribution in [0.5, 0.6) is 5.75 Å². The molecule has 0 heterocycles. The fourth-order valence-electron chi connectivity index (χ4n) is 2.72. The highest BCUT2D eigenvalue weighted by Gasteiger charge is 2.51. The Morgan fingerprint density at radius 1 is 1.33 bits per heavy atom. The molecular formula is C16H24O2. The van der Waals surface area contributed by atoms with Gasteiger partial charge in [0.2, 0.25) is 0 Å². The van der Waals surface area contributed by atoms with E-state index in [-0.39, 0.29) is 17.6 Å². The lowest BCUT2D eigenvalue weighted by Crippen LogP contribution is -2.57. The molecule has 0 aliphatic heterocycles. The van der Waals surface area contributed by atoms with Gasteiger partial charge in [0.25, 0.3) is 0 Å². The second-order valence-corrected chi connectivity index (χ2v) is 5.92. The maximum atomic E-state index is 9.91. The largest absolute Gasteiger partial charge is 0.489 e. The van der Waals surface area contributed by atoms with E-state index in [9.17, 15) is 5.11 Å². The number of ether oxygens (including phenoxy) is 1. The molecule has 2 nitrogen and oxygen atoms in total. The lowest BCUT2D eigenvalue weighted by Gasteiger charge is -2.50. The molecule has 0 spiro atoms. The molecule has 1 N–H and O–H groups in total. The van der Waals surface area contributed by atoms with Crippen LogP contribution in [0.15, 0.2) is 12.1 Å². The third-order valence-corrected chi connectivity index (χ3v) is 4.73. The van der Waals surface area contributed by atoms with E-state index in [0.717, 1.165) is 18.6 Å². The van der Waals surface area contributed by atoms with Crippen molar-refractivity contribution in [1.29, 1.82) is 0 Å². The minimum atomic E-state index is -0.223. The van der Waals surface area contributed by atoms with Gasteiger partial charge in [0.1, 0.15) is 11.9 Å². The maximum Gasteiger partial charge on any atom is 0.123 e. The highest BCUT2D eigenvalue weighted by Crippen LogP contribution is 2.46. The maximum absolute atomic E-state index is 9.91. The summed E-state index contributed by atoms with van der Waals surface area (Å²) in [5.74, 6) is 0.976. The van der Waals surface area contributed by atoms with Gasteiger partial charge in [0.15, 0.2) is 0 Å². The molecular weight excluding hydrogens is 224 g/mol. The van der Waals surface area contributed by atoms with Crippen LogP contribution in [0.4, 0.5) is 0 Å². The van der Waals surface area contributed by atoms with Crippen LogP contribution < -0.4 is 4.74 Å². The summed E-state index contributed by atoms with van der Waals surface area (Å²) in [6.45, 7) is 10.5. The number of hydrogen-bond acceptors (Lipinski definition) is 2. The molecule has 1 fully saturated rings. The van der Waals surface area contributed by atoms with E-state index in [2.05, 4.69) is 46.8 Å². The van der Waals surface area contributed by atoms with E-state index in [0.29, 0.717) is 0 Å². The molecule has 18 heavy (non-hydrogen) atoms. The van der Waals surface area contributed by atoms with Crippen LogP contribution in [-0.2, 0) is 0 Å². The molecule has 2 heteroatoms. The van der Waals surface area contributed by atoms with Crippen molar-refractivity contribution in [3.8, 4) is 5.75 Å². The molecule has 0 aromatic heterocycles. The van der Waals surface area contributed by atoms with Crippen LogP contribution in [0.25, 0.3) is 0 Å². The Balaban J connectivity index is 2.21. The molecule has 100 valence electrons. The van der Waals surface area contributed by atoms with Gasteiger partial charge in [0, 0.05) is 11.8 Å². The van der Waals surface area contributed by atoms with E-state index >= 15 is 0 Å². The Kier molecular flexibility index (Phi) is 3.41. The van der Waals surface area contributed by atoms with Gasteiger partial charge in [-0.25, -0.2) is 0 Å². The van der Waals surface area contributed by atoms with Crippen molar-refractivity contribution in [2.45, 2.75) is 59.7 Å². The standard InChI is InChI=1S/C16H24O2/c1-6-16(5)14(17)9-15(16)18-13-8-10(2)7-11(3)12(13)4/h7-8,14-15,17H,6,9H2,1-5H3. The zero-order valence-electron chi connectivity index (χ0n) is 12.1. The number of hydrogen-bond donors (Lipinski definition) is 1. The van der Waals surface area contributed by atoms with E-state index in [4.69, 9.17) is 4.74 Å². The van der Waals surface area contributed by atoms with Crippen LogP contribution >= 0.6 is 0 Å². The Hall–Kier alpha value is -1.02. The summed E-state index contributed by atoms with van der Waals surface area (Å²) >= 11 is 0. The van der Waals surface area contributed by atoms with Crippen molar-refractivity contribution in [1.82, 2.24) is 0 Å². The number of aliphatic hydroxyl groups is 1. The highest BCUT2D eigenvalue weighted by atomic mass is 16.5. The summed E-state index contributed by atoms with van der Waals surface area (Å²) in [6, 6.07) is 4.28. The van der Waals surface area contributed by atoms with Crippen molar-refractivity contribution in [3.63, 3.8) is 0 Å². The fourth-order valence-corrected chi connectivity index (χ4v) is 2.72. The zero-order valence-corrected chi connectivity index (χ0v) is 12.1. The number of aliphatic hydroxyl groups excluding tert-OH is 1. The Morgan fingerprint density at radius 3 is 2.56 bits per heavy atom. The van der Waals surface area contributed by atoms with Gasteiger partial charge < -0.3 is 9.84 Å². The summed E-state index contributed by atoms with van der Waals surface area (Å²) in [6.07, 6.45) is 1.61. The predicted molar refractivity (Wildman–Crippen MR) is 74.1 cm³/mol. The average molecular weight is 248 g/mol. The van der Waals surface area contributed by atoms with Gasteiger partial charge in [-0.1, -0.05) is 19.9 Å². The Labute approximate surface area is 110 Å². The van der Waals surface area contributed by atoms with E-state index in [1.807, 2.05) is 0 Å². The van der Waals surface area contributed by atoms with Crippen LogP contribution in [0.2, 0.25) is 0 Å². The van der Waals surface area contributed by atoms with Crippen LogP contribution in [0.1, 0.15) is 43.4 Å². The van der Waals surface area contributed by atoms with Gasteiger partial charge in [-0.3, -0.25) is 0 Å². The normalized spacial score (nSPS) is 31.0. The summed E-state index contributed by atoms with van der Waals surface area (Å²) in [5, 5.41) is 9.91. The Bertz CT molecular complexity index is 453. The minimum absolute atomic E-state index is 0.0932. The molecule has 1 aliphatic rings. The molecule has 2 rings (SSSR count). The molecule has 0 saturated heterocycles. The molecule has 3 atom stereocenters. The van der Waals surface area contributed by atoms with Crippen molar-refractivity contribution < 1.29 is 9.84 Å². The van der Waals surface area contributed by atoms with Crippen LogP contribution in [0, 0.1) is 26.2 Å². The average Bonchev–Trinajstić information content (AvgIpc) is 2.33. The molecule has 1 saturated carbocycles. The quantitative estimate of drug-likeness (QED) is 0.886. The topological polar surface area (TPSA) is 29.5 Å². The van der Waals surface area contributed by atoms with E-state index in [1.165, 1.54) is 16.7 Å². The van der Waals surface area contributed by atoms with Gasteiger partial charge in [-0.2, -0.15) is 0 Å². The molecule has 1 aliphatic carbocycles. The summed E-state index contributed by atoms with van der Waals surface area (Å²) < 4.78 is 6.16. The zero-order chi connectivity index (χ0) is 13.5. The second-order valence-electron chi connectivity index (χ2n) is 5.92. The fraction of sp³-hybridized carbons (Fsp3) is 0.625. The molecule has 0 amide bonds. The lowest BCUT2D eigenvalue weighted by atomic mass is 9.63. The first-order chi connectivity index (χ1) is 8.38. The first kappa shape index (κ1) is 13.4. The second kappa shape index (κ2) is 4.58. The first-order valence-electron chi connectivity index (χ1n) is 6.81. The monoisotopic (exact) mass is 248 g/mol. The predicted octanol–water partition coefficient (Wildman–Crippen LogP) is 3.54.